The molecule has 7 rings (SSSR count). The maximum absolute atomic E-state index is 2.47. The van der Waals surface area contributed by atoms with Crippen molar-refractivity contribution in [2.75, 3.05) is 0 Å². The topological polar surface area (TPSA) is 0 Å². The SMILES string of the molecule is Cc1cc2c(-c3ccc4c(c3)CC4)c(-c3ccc4c(c3)CC4)c3cc(C)sc3c2s1. The lowest BCUT2D eigenvalue weighted by Crippen LogP contribution is -2.08. The number of fused-ring (bicyclic) bond motifs is 5. The number of hydrogen-bond acceptors (Lipinski definition) is 2. The van der Waals surface area contributed by atoms with E-state index >= 15 is 0 Å². The molecule has 0 amide bonds. The number of aryl methyl sites for hydroxylation is 6. The Hall–Kier alpha value is -2.42. The van der Waals surface area contributed by atoms with Crippen LogP contribution in [0, 0.1) is 13.8 Å². The zero-order valence-corrected chi connectivity index (χ0v) is 18.9. The van der Waals surface area contributed by atoms with Crippen molar-refractivity contribution in [2.45, 2.75) is 39.5 Å². The van der Waals surface area contributed by atoms with E-state index in [1.54, 1.807) is 0 Å². The molecule has 5 aromatic rings. The van der Waals surface area contributed by atoms with Crippen molar-refractivity contribution in [3.8, 4) is 22.3 Å². The quantitative estimate of drug-likeness (QED) is 0.268. The summed E-state index contributed by atoms with van der Waals surface area (Å²) in [7, 11) is 0. The van der Waals surface area contributed by atoms with Crippen LogP contribution in [-0.2, 0) is 25.7 Å². The zero-order chi connectivity index (χ0) is 20.0. The number of rotatable bonds is 2. The lowest BCUT2D eigenvalue weighted by Gasteiger charge is -2.23. The lowest BCUT2D eigenvalue weighted by molar-refractivity contribution is 0.840. The minimum atomic E-state index is 1.23. The van der Waals surface area contributed by atoms with Gasteiger partial charge in [-0.1, -0.05) is 36.4 Å². The number of hydrogen-bond donors (Lipinski definition) is 0. The molecule has 0 nitrogen and oxygen atoms in total. The average molecular weight is 423 g/mol. The molecule has 0 fully saturated rings. The fourth-order valence-electron chi connectivity index (χ4n) is 5.31. The second kappa shape index (κ2) is 6.06. The van der Waals surface area contributed by atoms with Gasteiger partial charge in [-0.05, 0) is 96.2 Å². The van der Waals surface area contributed by atoms with Gasteiger partial charge in [0.05, 0.1) is 9.40 Å². The largest absolute Gasteiger partial charge is 0.139 e. The molecule has 0 N–H and O–H groups in total. The normalized spacial score (nSPS) is 14.5. The molecule has 0 radical (unpaired) electrons. The van der Waals surface area contributed by atoms with Crippen LogP contribution in [0.15, 0.2) is 48.5 Å². The van der Waals surface area contributed by atoms with Crippen LogP contribution in [0.3, 0.4) is 0 Å². The maximum atomic E-state index is 2.47. The molecule has 146 valence electrons. The minimum Gasteiger partial charge on any atom is -0.139 e. The molecule has 3 aromatic carbocycles. The summed E-state index contributed by atoms with van der Waals surface area (Å²) in [5, 5.41) is 2.87. The van der Waals surface area contributed by atoms with Gasteiger partial charge in [0.1, 0.15) is 0 Å². The van der Waals surface area contributed by atoms with E-state index in [9.17, 15) is 0 Å². The summed E-state index contributed by atoms with van der Waals surface area (Å²) in [5.74, 6) is 0. The molecule has 2 heteroatoms. The molecule has 30 heavy (non-hydrogen) atoms. The van der Waals surface area contributed by atoms with Gasteiger partial charge < -0.3 is 0 Å². The summed E-state index contributed by atoms with van der Waals surface area (Å²) in [6.07, 6.45) is 4.93. The highest BCUT2D eigenvalue weighted by atomic mass is 32.1. The van der Waals surface area contributed by atoms with Gasteiger partial charge in [-0.15, -0.1) is 22.7 Å². The molecule has 0 unspecified atom stereocenters. The van der Waals surface area contributed by atoms with Crippen molar-refractivity contribution >= 4 is 42.8 Å². The van der Waals surface area contributed by atoms with Crippen LogP contribution in [0.25, 0.3) is 42.4 Å². The van der Waals surface area contributed by atoms with E-state index in [4.69, 9.17) is 0 Å². The predicted octanol–water partition coefficient (Wildman–Crippen LogP) is 8.26. The molecule has 2 aromatic heterocycles. The van der Waals surface area contributed by atoms with E-state index in [0.29, 0.717) is 0 Å². The molecule has 0 spiro atoms. The van der Waals surface area contributed by atoms with Crippen molar-refractivity contribution in [3.05, 3.63) is 80.5 Å². The van der Waals surface area contributed by atoms with Crippen LogP contribution in [0.2, 0.25) is 0 Å². The first-order valence-electron chi connectivity index (χ1n) is 10.9. The Kier molecular flexibility index (Phi) is 3.49. The van der Waals surface area contributed by atoms with Crippen molar-refractivity contribution < 1.29 is 0 Å². The Bertz CT molecular complexity index is 1390. The highest BCUT2D eigenvalue weighted by Gasteiger charge is 2.23. The molecule has 0 saturated heterocycles. The Balaban J connectivity index is 1.66. The van der Waals surface area contributed by atoms with Gasteiger partial charge in [0.25, 0.3) is 0 Å². The van der Waals surface area contributed by atoms with Gasteiger partial charge in [0.15, 0.2) is 0 Å². The Morgan fingerprint density at radius 2 is 0.967 bits per heavy atom. The third kappa shape index (κ3) is 2.32. The third-order valence-electron chi connectivity index (χ3n) is 7.02. The van der Waals surface area contributed by atoms with Crippen LogP contribution in [-0.4, -0.2) is 0 Å². The highest BCUT2D eigenvalue weighted by molar-refractivity contribution is 7.27. The summed E-state index contributed by atoms with van der Waals surface area (Å²) in [6.45, 7) is 4.51. The predicted molar refractivity (Wildman–Crippen MR) is 132 cm³/mol. The first-order chi connectivity index (χ1) is 14.7. The van der Waals surface area contributed by atoms with Crippen LogP contribution < -0.4 is 0 Å². The molecule has 2 aliphatic carbocycles. The Morgan fingerprint density at radius 3 is 1.33 bits per heavy atom. The second-order valence-corrected chi connectivity index (χ2v) is 11.4. The maximum Gasteiger partial charge on any atom is 0.0530 e. The summed E-state index contributed by atoms with van der Waals surface area (Å²) in [6, 6.07) is 19.3. The van der Waals surface area contributed by atoms with Gasteiger partial charge in [-0.3, -0.25) is 0 Å². The van der Waals surface area contributed by atoms with Crippen molar-refractivity contribution in [1.82, 2.24) is 0 Å². The van der Waals surface area contributed by atoms with Crippen LogP contribution in [0.4, 0.5) is 0 Å². The summed E-state index contributed by atoms with van der Waals surface area (Å²) >= 11 is 3.91. The Morgan fingerprint density at radius 1 is 0.533 bits per heavy atom. The van der Waals surface area contributed by atoms with E-state index in [1.807, 2.05) is 22.7 Å². The standard InChI is InChI=1S/C28H22S2/c1-15-11-23-25(21-9-5-17-3-7-19(17)13-21)26(22-10-6-18-4-8-20(18)14-22)24-12-16(2)30-28(24)27(23)29-15/h5-6,9-14H,3-4,7-8H2,1-2H3. The molecule has 0 atom stereocenters. The van der Waals surface area contributed by atoms with Crippen molar-refractivity contribution in [3.63, 3.8) is 0 Å². The Labute approximate surface area is 184 Å². The van der Waals surface area contributed by atoms with Crippen LogP contribution in [0.1, 0.15) is 32.0 Å². The molecule has 0 saturated carbocycles. The van der Waals surface area contributed by atoms with E-state index in [-0.39, 0.29) is 0 Å². The summed E-state index contributed by atoms with van der Waals surface area (Å²) in [4.78, 5) is 2.80. The third-order valence-corrected chi connectivity index (χ3v) is 9.29. The van der Waals surface area contributed by atoms with Gasteiger partial charge in [-0.2, -0.15) is 0 Å². The minimum absolute atomic E-state index is 1.23. The van der Waals surface area contributed by atoms with E-state index in [2.05, 4.69) is 62.4 Å². The van der Waals surface area contributed by atoms with Gasteiger partial charge in [0.2, 0.25) is 0 Å². The fourth-order valence-corrected chi connectivity index (χ4v) is 7.50. The second-order valence-electron chi connectivity index (χ2n) is 8.92. The highest BCUT2D eigenvalue weighted by Crippen LogP contribution is 2.50. The average Bonchev–Trinajstić information content (AvgIpc) is 3.25. The van der Waals surface area contributed by atoms with E-state index in [0.717, 1.165) is 0 Å². The number of thiophene rings is 2. The smallest absolute Gasteiger partial charge is 0.0530 e. The molecule has 2 aliphatic rings. The molecular formula is C28H22S2. The zero-order valence-electron chi connectivity index (χ0n) is 17.3. The molecule has 2 heterocycles. The first-order valence-corrected chi connectivity index (χ1v) is 12.5. The van der Waals surface area contributed by atoms with Gasteiger partial charge >= 0.3 is 0 Å². The number of benzene rings is 3. The van der Waals surface area contributed by atoms with Crippen molar-refractivity contribution in [2.24, 2.45) is 0 Å². The summed E-state index contributed by atoms with van der Waals surface area (Å²) in [5.41, 5.74) is 11.8. The molecule has 0 aliphatic heterocycles. The van der Waals surface area contributed by atoms with Gasteiger partial charge in [-0.25, -0.2) is 0 Å². The van der Waals surface area contributed by atoms with Crippen LogP contribution >= 0.6 is 22.7 Å². The van der Waals surface area contributed by atoms with Crippen LogP contribution in [0.5, 0.6) is 0 Å². The van der Waals surface area contributed by atoms with E-state index in [1.165, 1.54) is 100 Å². The monoisotopic (exact) mass is 422 g/mol. The first kappa shape index (κ1) is 17.3. The molecular weight excluding hydrogens is 400 g/mol. The summed E-state index contributed by atoms with van der Waals surface area (Å²) < 4.78 is 2.93. The lowest BCUT2D eigenvalue weighted by atomic mass is 9.81. The van der Waals surface area contributed by atoms with E-state index < -0.39 is 0 Å². The van der Waals surface area contributed by atoms with Crippen molar-refractivity contribution in [1.29, 1.82) is 0 Å². The van der Waals surface area contributed by atoms with Gasteiger partial charge in [0, 0.05) is 20.5 Å². The fraction of sp³-hybridized carbons (Fsp3) is 0.214. The molecule has 0 bridgehead atoms.